The van der Waals surface area contributed by atoms with Crippen molar-refractivity contribution < 1.29 is 28.6 Å². The summed E-state index contributed by atoms with van der Waals surface area (Å²) in [7, 11) is 0. The standard InChI is InChI=1S/C13H16O2.2C13H14O2.3CH4/c3*1-2-15-13(14)9-11-8-7-10-5-3-4-6-12(10)11;;;/h3-6,11H,2,7-9H2,1H3;3-6,9H,2,7-8H2,1H3;3-6,8H,2,7,9H2,1H3;3*1H4/b;11-9+;;;;. The van der Waals surface area contributed by atoms with E-state index in [2.05, 4.69) is 48.5 Å². The van der Waals surface area contributed by atoms with Gasteiger partial charge in [-0.05, 0) is 103 Å². The monoisotopic (exact) mass is 656 g/mol. The molecule has 0 heterocycles. The van der Waals surface area contributed by atoms with Crippen molar-refractivity contribution >= 4 is 29.1 Å². The molecule has 3 aromatic rings. The predicted octanol–water partition coefficient (Wildman–Crippen LogP) is 9.74. The molecule has 6 nitrogen and oxygen atoms in total. The summed E-state index contributed by atoms with van der Waals surface area (Å²) in [5.41, 5.74) is 9.96. The molecule has 0 amide bonds. The van der Waals surface area contributed by atoms with Crippen molar-refractivity contribution in [3.8, 4) is 0 Å². The summed E-state index contributed by atoms with van der Waals surface area (Å²) >= 11 is 0. The van der Waals surface area contributed by atoms with E-state index in [4.69, 9.17) is 14.2 Å². The molecule has 3 aromatic carbocycles. The molecule has 3 aliphatic rings. The lowest BCUT2D eigenvalue weighted by molar-refractivity contribution is -0.144. The minimum absolute atomic E-state index is 0. The van der Waals surface area contributed by atoms with Crippen molar-refractivity contribution in [2.45, 2.75) is 93.9 Å². The van der Waals surface area contributed by atoms with Gasteiger partial charge in [0.05, 0.1) is 32.7 Å². The zero-order valence-electron chi connectivity index (χ0n) is 26.7. The van der Waals surface area contributed by atoms with Crippen molar-refractivity contribution in [1.29, 1.82) is 0 Å². The SMILES string of the molecule is C.C.C.CCOC(=O)/C=C1\CCc2ccccc21.CCOC(=O)CC1=CCc2ccccc21.CCOC(=O)CC1CCc2ccccc21. The molecule has 0 saturated carbocycles. The number of hydrogen-bond donors (Lipinski definition) is 0. The first kappa shape index (κ1) is 41.6. The van der Waals surface area contributed by atoms with Gasteiger partial charge in [-0.1, -0.05) is 101 Å². The van der Waals surface area contributed by atoms with Crippen molar-refractivity contribution in [2.24, 2.45) is 0 Å². The molecule has 0 bridgehead atoms. The Kier molecular flexibility index (Phi) is 18.6. The number of fused-ring (bicyclic) bond motifs is 3. The van der Waals surface area contributed by atoms with Crippen molar-refractivity contribution in [3.63, 3.8) is 0 Å². The number of hydrogen-bond acceptors (Lipinski definition) is 6. The highest BCUT2D eigenvalue weighted by atomic mass is 16.5. The average molecular weight is 657 g/mol. The number of carbonyl (C=O) groups excluding carboxylic acids is 3. The molecule has 0 radical (unpaired) electrons. The van der Waals surface area contributed by atoms with Crippen LogP contribution in [0.1, 0.15) is 108 Å². The molecular weight excluding hydrogens is 600 g/mol. The van der Waals surface area contributed by atoms with Crippen LogP contribution in [0.2, 0.25) is 0 Å². The Balaban J connectivity index is 0.000000349. The van der Waals surface area contributed by atoms with Gasteiger partial charge < -0.3 is 14.2 Å². The third kappa shape index (κ3) is 11.7. The molecule has 1 atom stereocenters. The second-order valence-corrected chi connectivity index (χ2v) is 11.1. The first-order valence-electron chi connectivity index (χ1n) is 16.0. The van der Waals surface area contributed by atoms with Crippen LogP contribution >= 0.6 is 0 Å². The van der Waals surface area contributed by atoms with Crippen molar-refractivity contribution in [1.82, 2.24) is 0 Å². The first-order chi connectivity index (χ1) is 21.9. The van der Waals surface area contributed by atoms with Gasteiger partial charge in [0.2, 0.25) is 0 Å². The summed E-state index contributed by atoms with van der Waals surface area (Å²) < 4.78 is 14.8. The first-order valence-corrected chi connectivity index (χ1v) is 16.0. The summed E-state index contributed by atoms with van der Waals surface area (Å²) in [6.07, 6.45) is 9.75. The molecule has 1 unspecified atom stereocenters. The highest BCUT2D eigenvalue weighted by Gasteiger charge is 2.24. The minimum Gasteiger partial charge on any atom is -0.466 e. The molecule has 3 aliphatic carbocycles. The second-order valence-electron chi connectivity index (χ2n) is 11.1. The van der Waals surface area contributed by atoms with E-state index in [0.29, 0.717) is 38.6 Å². The Morgan fingerprint density at radius 2 is 1.25 bits per heavy atom. The summed E-state index contributed by atoms with van der Waals surface area (Å²) in [4.78, 5) is 34.0. The van der Waals surface area contributed by atoms with Gasteiger partial charge >= 0.3 is 17.9 Å². The van der Waals surface area contributed by atoms with Gasteiger partial charge in [-0.15, -0.1) is 0 Å². The largest absolute Gasteiger partial charge is 0.466 e. The second kappa shape index (κ2) is 21.4. The third-order valence-electron chi connectivity index (χ3n) is 8.15. The van der Waals surface area contributed by atoms with Gasteiger partial charge in [0, 0.05) is 6.08 Å². The van der Waals surface area contributed by atoms with Gasteiger partial charge in [-0.3, -0.25) is 9.59 Å². The molecule has 260 valence electrons. The van der Waals surface area contributed by atoms with E-state index < -0.39 is 0 Å². The highest BCUT2D eigenvalue weighted by Crippen LogP contribution is 2.35. The van der Waals surface area contributed by atoms with E-state index in [1.807, 2.05) is 51.1 Å². The summed E-state index contributed by atoms with van der Waals surface area (Å²) in [6, 6.07) is 24.8. The van der Waals surface area contributed by atoms with Crippen LogP contribution in [0.15, 0.2) is 84.9 Å². The van der Waals surface area contributed by atoms with Gasteiger partial charge in [-0.25, -0.2) is 4.79 Å². The quantitative estimate of drug-likeness (QED) is 0.136. The van der Waals surface area contributed by atoms with E-state index in [0.717, 1.165) is 43.3 Å². The molecule has 0 aromatic heterocycles. The molecule has 6 heteroatoms. The summed E-state index contributed by atoms with van der Waals surface area (Å²) in [5, 5.41) is 0. The number of esters is 3. The molecule has 0 saturated heterocycles. The minimum atomic E-state index is -0.232. The fourth-order valence-corrected chi connectivity index (χ4v) is 6.10. The number of carbonyl (C=O) groups is 3. The van der Waals surface area contributed by atoms with Gasteiger partial charge in [-0.2, -0.15) is 0 Å². The fraction of sp³-hybridized carbons (Fsp3) is 0.405. The van der Waals surface area contributed by atoms with E-state index in [1.165, 1.54) is 33.4 Å². The van der Waals surface area contributed by atoms with Crippen LogP contribution in [0.5, 0.6) is 0 Å². The number of allylic oxidation sites excluding steroid dienone is 2. The zero-order chi connectivity index (χ0) is 32.0. The molecule has 0 N–H and O–H groups in total. The number of aryl methyl sites for hydroxylation is 2. The number of ether oxygens (including phenoxy) is 3. The number of benzene rings is 3. The molecule has 0 fully saturated rings. The highest BCUT2D eigenvalue weighted by molar-refractivity contribution is 5.93. The Morgan fingerprint density at radius 1 is 0.667 bits per heavy atom. The molecular formula is C42H56O6. The van der Waals surface area contributed by atoms with E-state index in [1.54, 1.807) is 6.08 Å². The lowest BCUT2D eigenvalue weighted by Crippen LogP contribution is -2.08. The summed E-state index contributed by atoms with van der Waals surface area (Å²) in [6.45, 7) is 6.86. The Labute approximate surface area is 289 Å². The van der Waals surface area contributed by atoms with E-state index >= 15 is 0 Å². The maximum absolute atomic E-state index is 11.4. The van der Waals surface area contributed by atoms with Crippen LogP contribution in [0, 0.1) is 0 Å². The van der Waals surface area contributed by atoms with Crippen molar-refractivity contribution in [2.75, 3.05) is 19.8 Å². The molecule has 6 rings (SSSR count). The van der Waals surface area contributed by atoms with Crippen LogP contribution in [0.3, 0.4) is 0 Å². The Hall–Kier alpha value is -4.45. The third-order valence-corrected chi connectivity index (χ3v) is 8.15. The molecule has 0 aliphatic heterocycles. The summed E-state index contributed by atoms with van der Waals surface area (Å²) in [5.74, 6) is -0.0656. The number of rotatable bonds is 8. The smallest absolute Gasteiger partial charge is 0.331 e. The lowest BCUT2D eigenvalue weighted by Gasteiger charge is -2.10. The maximum Gasteiger partial charge on any atom is 0.331 e. The van der Waals surface area contributed by atoms with Crippen molar-refractivity contribution in [3.05, 3.63) is 118 Å². The lowest BCUT2D eigenvalue weighted by atomic mass is 9.98. The van der Waals surface area contributed by atoms with Crippen LogP contribution in [0.25, 0.3) is 11.1 Å². The van der Waals surface area contributed by atoms with Gasteiger partial charge in [0.1, 0.15) is 0 Å². The normalized spacial score (nSPS) is 15.1. The molecule has 48 heavy (non-hydrogen) atoms. The predicted molar refractivity (Wildman–Crippen MR) is 198 cm³/mol. The topological polar surface area (TPSA) is 78.9 Å². The van der Waals surface area contributed by atoms with Crippen LogP contribution < -0.4 is 0 Å². The van der Waals surface area contributed by atoms with Crippen LogP contribution in [-0.2, 0) is 47.9 Å². The van der Waals surface area contributed by atoms with E-state index in [9.17, 15) is 14.4 Å². The van der Waals surface area contributed by atoms with Crippen LogP contribution in [0.4, 0.5) is 0 Å². The van der Waals surface area contributed by atoms with Gasteiger partial charge in [0.25, 0.3) is 0 Å². The average Bonchev–Trinajstić information content (AvgIpc) is 3.76. The van der Waals surface area contributed by atoms with Gasteiger partial charge in [0.15, 0.2) is 0 Å². The van der Waals surface area contributed by atoms with E-state index in [-0.39, 0.29) is 40.2 Å². The Morgan fingerprint density at radius 3 is 1.94 bits per heavy atom. The molecule has 0 spiro atoms. The zero-order valence-corrected chi connectivity index (χ0v) is 26.7. The van der Waals surface area contributed by atoms with Crippen LogP contribution in [-0.4, -0.2) is 37.7 Å². The maximum atomic E-state index is 11.4. The fourth-order valence-electron chi connectivity index (χ4n) is 6.10. The Bertz CT molecular complexity index is 1530.